The van der Waals surface area contributed by atoms with Crippen molar-refractivity contribution in [3.63, 3.8) is 0 Å². The molecule has 0 saturated carbocycles. The number of fused-ring (bicyclic) bond motifs is 2. The zero-order valence-electron chi connectivity index (χ0n) is 14.2. The molecule has 0 aliphatic carbocycles. The number of benzene rings is 3. The molecule has 2 heterocycles. The summed E-state index contributed by atoms with van der Waals surface area (Å²) in [5.74, 6) is 0. The number of nitrogens with zero attached hydrogens (tertiary/aromatic N) is 2. The second-order valence-corrected chi connectivity index (χ2v) is 6.46. The van der Waals surface area contributed by atoms with Gasteiger partial charge in [0.2, 0.25) is 0 Å². The van der Waals surface area contributed by atoms with Gasteiger partial charge in [0.25, 0.3) is 0 Å². The first kappa shape index (κ1) is 14.9. The van der Waals surface area contributed by atoms with Crippen LogP contribution >= 0.6 is 0 Å². The number of benzodiazepines with no additional fused rings is 1. The van der Waals surface area contributed by atoms with Crippen molar-refractivity contribution in [3.05, 3.63) is 84.1 Å². The highest BCUT2D eigenvalue weighted by molar-refractivity contribution is 6.16. The van der Waals surface area contributed by atoms with Crippen molar-refractivity contribution in [3.8, 4) is 11.1 Å². The van der Waals surface area contributed by atoms with Gasteiger partial charge in [0.1, 0.15) is 0 Å². The Morgan fingerprint density at radius 2 is 1.65 bits per heavy atom. The molecule has 0 saturated heterocycles. The Kier molecular flexibility index (Phi) is 3.53. The van der Waals surface area contributed by atoms with Crippen LogP contribution in [0, 0.1) is 0 Å². The SMILES string of the molecule is c1ccc(C2=NCCNc3ccc(-c4ccc5[nH]ncc5c4)cc32)cc1. The third-order valence-corrected chi connectivity index (χ3v) is 4.79. The molecule has 26 heavy (non-hydrogen) atoms. The van der Waals surface area contributed by atoms with Gasteiger partial charge in [-0.3, -0.25) is 10.1 Å². The molecule has 3 aromatic carbocycles. The summed E-state index contributed by atoms with van der Waals surface area (Å²) in [4.78, 5) is 4.85. The fraction of sp³-hybridized carbons (Fsp3) is 0.0909. The number of hydrogen-bond acceptors (Lipinski definition) is 3. The van der Waals surface area contributed by atoms with Gasteiger partial charge in [-0.15, -0.1) is 0 Å². The van der Waals surface area contributed by atoms with E-state index in [4.69, 9.17) is 4.99 Å². The standard InChI is InChI=1S/C22H18N4/c1-2-4-15(5-3-1)22-19-13-17(7-9-21(19)23-10-11-24-22)16-6-8-20-18(12-16)14-25-26-20/h1-9,12-14,23H,10-11H2,(H,25,26). The second kappa shape index (κ2) is 6.15. The Morgan fingerprint density at radius 3 is 2.58 bits per heavy atom. The minimum Gasteiger partial charge on any atom is -0.383 e. The summed E-state index contributed by atoms with van der Waals surface area (Å²) in [6.45, 7) is 1.62. The first-order chi connectivity index (χ1) is 12.9. The molecule has 0 amide bonds. The number of hydrogen-bond donors (Lipinski definition) is 2. The molecule has 1 aliphatic heterocycles. The van der Waals surface area contributed by atoms with Crippen LogP contribution < -0.4 is 5.32 Å². The minimum atomic E-state index is 0.773. The van der Waals surface area contributed by atoms with E-state index in [1.807, 2.05) is 12.3 Å². The third kappa shape index (κ3) is 2.56. The highest BCUT2D eigenvalue weighted by atomic mass is 15.1. The minimum absolute atomic E-state index is 0.773. The van der Waals surface area contributed by atoms with Crippen LogP contribution in [0.25, 0.3) is 22.0 Å². The molecule has 1 aliphatic rings. The molecular weight excluding hydrogens is 320 g/mol. The van der Waals surface area contributed by atoms with Gasteiger partial charge in [-0.1, -0.05) is 42.5 Å². The molecular formula is C22H18N4. The van der Waals surface area contributed by atoms with E-state index in [-0.39, 0.29) is 0 Å². The quantitative estimate of drug-likeness (QED) is 0.566. The number of H-pyrrole nitrogens is 1. The lowest BCUT2D eigenvalue weighted by Crippen LogP contribution is -2.05. The molecule has 126 valence electrons. The van der Waals surface area contributed by atoms with Crippen molar-refractivity contribution in [2.75, 3.05) is 18.4 Å². The molecule has 4 heteroatoms. The lowest BCUT2D eigenvalue weighted by Gasteiger charge is -2.13. The predicted octanol–water partition coefficient (Wildman–Crippen LogP) is 4.49. The van der Waals surface area contributed by atoms with Crippen molar-refractivity contribution >= 4 is 22.3 Å². The van der Waals surface area contributed by atoms with Gasteiger partial charge in [0.05, 0.1) is 24.0 Å². The predicted molar refractivity (Wildman–Crippen MR) is 107 cm³/mol. The lowest BCUT2D eigenvalue weighted by atomic mass is 9.95. The Morgan fingerprint density at radius 1 is 0.808 bits per heavy atom. The van der Waals surface area contributed by atoms with E-state index in [9.17, 15) is 0 Å². The maximum atomic E-state index is 4.85. The van der Waals surface area contributed by atoms with Crippen molar-refractivity contribution in [2.24, 2.45) is 4.99 Å². The van der Waals surface area contributed by atoms with Crippen LogP contribution in [0.2, 0.25) is 0 Å². The second-order valence-electron chi connectivity index (χ2n) is 6.46. The molecule has 0 spiro atoms. The number of nitrogens with one attached hydrogen (secondary N) is 2. The van der Waals surface area contributed by atoms with Gasteiger partial charge in [0.15, 0.2) is 0 Å². The van der Waals surface area contributed by atoms with E-state index in [2.05, 4.69) is 76.2 Å². The normalized spacial score (nSPS) is 13.6. The monoisotopic (exact) mass is 338 g/mol. The van der Waals surface area contributed by atoms with Gasteiger partial charge in [-0.25, -0.2) is 0 Å². The van der Waals surface area contributed by atoms with Crippen LogP contribution in [-0.4, -0.2) is 29.0 Å². The van der Waals surface area contributed by atoms with E-state index < -0.39 is 0 Å². The molecule has 0 bridgehead atoms. The number of rotatable bonds is 2. The largest absolute Gasteiger partial charge is 0.383 e. The molecule has 4 aromatic rings. The Bertz CT molecular complexity index is 1110. The van der Waals surface area contributed by atoms with E-state index in [1.54, 1.807) is 0 Å². The first-order valence-electron chi connectivity index (χ1n) is 8.80. The van der Waals surface area contributed by atoms with Crippen LogP contribution in [-0.2, 0) is 0 Å². The molecule has 2 N–H and O–H groups in total. The van der Waals surface area contributed by atoms with Gasteiger partial charge in [-0.05, 0) is 35.4 Å². The summed E-state index contributed by atoms with van der Waals surface area (Å²) in [5, 5.41) is 11.7. The van der Waals surface area contributed by atoms with Gasteiger partial charge in [-0.2, -0.15) is 5.10 Å². The van der Waals surface area contributed by atoms with Crippen LogP contribution in [0.4, 0.5) is 5.69 Å². The average molecular weight is 338 g/mol. The van der Waals surface area contributed by atoms with Crippen LogP contribution in [0.3, 0.4) is 0 Å². The van der Waals surface area contributed by atoms with E-state index in [1.165, 1.54) is 11.1 Å². The zero-order chi connectivity index (χ0) is 17.3. The number of aliphatic imine (C=N–C) groups is 1. The molecule has 0 unspecified atom stereocenters. The van der Waals surface area contributed by atoms with Crippen LogP contribution in [0.1, 0.15) is 11.1 Å². The fourth-order valence-corrected chi connectivity index (χ4v) is 3.48. The third-order valence-electron chi connectivity index (χ3n) is 4.79. The van der Waals surface area contributed by atoms with Crippen molar-refractivity contribution in [1.82, 2.24) is 10.2 Å². The average Bonchev–Trinajstić information content (AvgIpc) is 3.06. The highest BCUT2D eigenvalue weighted by Crippen LogP contribution is 2.30. The summed E-state index contributed by atoms with van der Waals surface area (Å²) in [5.41, 5.74) is 7.91. The van der Waals surface area contributed by atoms with E-state index in [0.29, 0.717) is 0 Å². The van der Waals surface area contributed by atoms with E-state index >= 15 is 0 Å². The number of anilines is 1. The van der Waals surface area contributed by atoms with Crippen molar-refractivity contribution in [2.45, 2.75) is 0 Å². The maximum Gasteiger partial charge on any atom is 0.0740 e. The van der Waals surface area contributed by atoms with Crippen LogP contribution in [0.15, 0.2) is 77.9 Å². The van der Waals surface area contributed by atoms with Crippen molar-refractivity contribution in [1.29, 1.82) is 0 Å². The highest BCUT2D eigenvalue weighted by Gasteiger charge is 2.15. The van der Waals surface area contributed by atoms with E-state index in [0.717, 1.165) is 46.5 Å². The first-order valence-corrected chi connectivity index (χ1v) is 8.80. The van der Waals surface area contributed by atoms with Crippen LogP contribution in [0.5, 0.6) is 0 Å². The van der Waals surface area contributed by atoms with Gasteiger partial charge >= 0.3 is 0 Å². The molecule has 0 fully saturated rings. The Hall–Kier alpha value is -3.40. The van der Waals surface area contributed by atoms with Crippen molar-refractivity contribution < 1.29 is 0 Å². The number of aromatic amines is 1. The lowest BCUT2D eigenvalue weighted by molar-refractivity contribution is 1.04. The Balaban J connectivity index is 1.65. The summed E-state index contributed by atoms with van der Waals surface area (Å²) < 4.78 is 0. The molecule has 4 nitrogen and oxygen atoms in total. The topological polar surface area (TPSA) is 53.1 Å². The molecule has 5 rings (SSSR count). The molecule has 0 radical (unpaired) electrons. The summed E-state index contributed by atoms with van der Waals surface area (Å²) in [6.07, 6.45) is 1.86. The molecule has 0 atom stereocenters. The van der Waals surface area contributed by atoms with Gasteiger partial charge in [0, 0.05) is 28.7 Å². The number of aromatic nitrogens is 2. The smallest absolute Gasteiger partial charge is 0.0740 e. The Labute approximate surface area is 151 Å². The van der Waals surface area contributed by atoms with Gasteiger partial charge < -0.3 is 5.32 Å². The fourth-order valence-electron chi connectivity index (χ4n) is 3.48. The molecule has 1 aromatic heterocycles. The summed E-state index contributed by atoms with van der Waals surface area (Å²) in [6, 6.07) is 23.4. The maximum absolute atomic E-state index is 4.85. The zero-order valence-corrected chi connectivity index (χ0v) is 14.2. The summed E-state index contributed by atoms with van der Waals surface area (Å²) >= 11 is 0. The summed E-state index contributed by atoms with van der Waals surface area (Å²) in [7, 11) is 0.